The molecular weight excluding hydrogens is 226 g/mol. The summed E-state index contributed by atoms with van der Waals surface area (Å²) in [7, 11) is 0. The van der Waals surface area contributed by atoms with Crippen molar-refractivity contribution in [3.63, 3.8) is 0 Å². The van der Waals surface area contributed by atoms with Gasteiger partial charge in [-0.2, -0.15) is 11.8 Å². The van der Waals surface area contributed by atoms with Gasteiger partial charge in [-0.1, -0.05) is 37.3 Å². The van der Waals surface area contributed by atoms with Gasteiger partial charge in [0, 0.05) is 5.25 Å². The highest BCUT2D eigenvalue weighted by atomic mass is 32.2. The molecule has 1 nitrogen and oxygen atoms in total. The van der Waals surface area contributed by atoms with Crippen LogP contribution in [0.15, 0.2) is 30.3 Å². The van der Waals surface area contributed by atoms with Crippen LogP contribution >= 0.6 is 11.8 Å². The summed E-state index contributed by atoms with van der Waals surface area (Å²) in [5.41, 5.74) is 1.46. The summed E-state index contributed by atoms with van der Waals surface area (Å²) in [6.07, 6.45) is 7.24. The van der Waals surface area contributed by atoms with Crippen LogP contribution in [0.4, 0.5) is 0 Å². The Balaban J connectivity index is 1.91. The summed E-state index contributed by atoms with van der Waals surface area (Å²) < 4.78 is 0. The lowest BCUT2D eigenvalue weighted by Crippen LogP contribution is -2.19. The zero-order valence-electron chi connectivity index (χ0n) is 11.1. The molecule has 17 heavy (non-hydrogen) atoms. The molecule has 0 aromatic heterocycles. The number of thioether (sulfide) groups is 1. The standard InChI is InChI=1S/C15H25NS/c1-14(17-2)11-13-16-12-7-6-10-15-8-4-3-5-9-15/h3-5,8-9,14,16H,6-7,10-13H2,1-2H3. The maximum absolute atomic E-state index is 3.52. The summed E-state index contributed by atoms with van der Waals surface area (Å²) in [6.45, 7) is 4.61. The van der Waals surface area contributed by atoms with Gasteiger partial charge in [0.2, 0.25) is 0 Å². The average molecular weight is 251 g/mol. The molecule has 1 aromatic carbocycles. The zero-order valence-corrected chi connectivity index (χ0v) is 11.9. The highest BCUT2D eigenvalue weighted by Gasteiger charge is 1.97. The number of hydrogen-bond acceptors (Lipinski definition) is 2. The van der Waals surface area contributed by atoms with Gasteiger partial charge in [-0.25, -0.2) is 0 Å². The summed E-state index contributed by atoms with van der Waals surface area (Å²) >= 11 is 1.95. The summed E-state index contributed by atoms with van der Waals surface area (Å²) in [4.78, 5) is 0. The van der Waals surface area contributed by atoms with Gasteiger partial charge in [0.05, 0.1) is 0 Å². The van der Waals surface area contributed by atoms with Crippen molar-refractivity contribution in [2.24, 2.45) is 0 Å². The highest BCUT2D eigenvalue weighted by molar-refractivity contribution is 7.99. The number of rotatable bonds is 9. The van der Waals surface area contributed by atoms with E-state index in [1.165, 1.54) is 31.2 Å². The third-order valence-electron chi connectivity index (χ3n) is 3.04. The Morgan fingerprint density at radius 1 is 1.12 bits per heavy atom. The van der Waals surface area contributed by atoms with Crippen LogP contribution in [0.5, 0.6) is 0 Å². The van der Waals surface area contributed by atoms with Gasteiger partial charge in [-0.3, -0.25) is 0 Å². The van der Waals surface area contributed by atoms with Gasteiger partial charge < -0.3 is 5.32 Å². The zero-order chi connectivity index (χ0) is 12.3. The predicted molar refractivity (Wildman–Crippen MR) is 79.8 cm³/mol. The van der Waals surface area contributed by atoms with Crippen molar-refractivity contribution in [1.29, 1.82) is 0 Å². The fourth-order valence-corrected chi connectivity index (χ4v) is 2.13. The number of hydrogen-bond donors (Lipinski definition) is 1. The van der Waals surface area contributed by atoms with Crippen molar-refractivity contribution in [3.8, 4) is 0 Å². The summed E-state index contributed by atoms with van der Waals surface area (Å²) in [5.74, 6) is 0. The average Bonchev–Trinajstić information content (AvgIpc) is 2.38. The van der Waals surface area contributed by atoms with Crippen LogP contribution in [0.2, 0.25) is 0 Å². The van der Waals surface area contributed by atoms with Gasteiger partial charge in [0.15, 0.2) is 0 Å². The Hall–Kier alpha value is -0.470. The minimum Gasteiger partial charge on any atom is -0.317 e. The Kier molecular flexibility index (Phi) is 8.20. The molecule has 1 atom stereocenters. The maximum atomic E-state index is 3.52. The lowest BCUT2D eigenvalue weighted by atomic mass is 10.1. The molecule has 1 N–H and O–H groups in total. The van der Waals surface area contributed by atoms with Crippen molar-refractivity contribution in [1.82, 2.24) is 5.32 Å². The topological polar surface area (TPSA) is 12.0 Å². The van der Waals surface area contributed by atoms with E-state index in [4.69, 9.17) is 0 Å². The highest BCUT2D eigenvalue weighted by Crippen LogP contribution is 2.08. The van der Waals surface area contributed by atoms with Crippen LogP contribution in [0.3, 0.4) is 0 Å². The van der Waals surface area contributed by atoms with E-state index in [0.29, 0.717) is 0 Å². The second-order valence-electron chi connectivity index (χ2n) is 4.53. The molecule has 0 saturated heterocycles. The van der Waals surface area contributed by atoms with E-state index in [1.54, 1.807) is 0 Å². The molecule has 96 valence electrons. The van der Waals surface area contributed by atoms with Crippen molar-refractivity contribution in [2.45, 2.75) is 37.9 Å². The number of unbranched alkanes of at least 4 members (excludes halogenated alkanes) is 1. The second kappa shape index (κ2) is 9.55. The minimum atomic E-state index is 0.784. The fourth-order valence-electron chi connectivity index (χ4n) is 1.77. The Bertz CT molecular complexity index is 274. The van der Waals surface area contributed by atoms with Crippen molar-refractivity contribution in [2.75, 3.05) is 19.3 Å². The first-order chi connectivity index (χ1) is 8.33. The van der Waals surface area contributed by atoms with E-state index < -0.39 is 0 Å². The summed E-state index contributed by atoms with van der Waals surface area (Å²) in [5, 5.41) is 4.31. The first-order valence-corrected chi connectivity index (χ1v) is 7.89. The van der Waals surface area contributed by atoms with E-state index in [9.17, 15) is 0 Å². The predicted octanol–water partition coefficient (Wildman–Crippen LogP) is 3.74. The molecule has 0 aliphatic rings. The molecule has 1 unspecified atom stereocenters. The smallest absolute Gasteiger partial charge is 0.00280 e. The third kappa shape index (κ3) is 7.45. The van der Waals surface area contributed by atoms with Crippen LogP contribution in [-0.2, 0) is 6.42 Å². The molecule has 0 fully saturated rings. The normalized spacial score (nSPS) is 12.6. The van der Waals surface area contributed by atoms with Crippen LogP contribution in [0, 0.1) is 0 Å². The van der Waals surface area contributed by atoms with Crippen molar-refractivity contribution < 1.29 is 0 Å². The van der Waals surface area contributed by atoms with Gasteiger partial charge >= 0.3 is 0 Å². The fraction of sp³-hybridized carbons (Fsp3) is 0.600. The van der Waals surface area contributed by atoms with Crippen LogP contribution in [-0.4, -0.2) is 24.6 Å². The van der Waals surface area contributed by atoms with Crippen molar-refractivity contribution >= 4 is 11.8 Å². The molecule has 0 bridgehead atoms. The molecular formula is C15H25NS. The first kappa shape index (κ1) is 14.6. The molecule has 0 aliphatic carbocycles. The Labute approximate surface area is 110 Å². The van der Waals surface area contributed by atoms with Gasteiger partial charge in [0.1, 0.15) is 0 Å². The number of benzene rings is 1. The van der Waals surface area contributed by atoms with Crippen LogP contribution < -0.4 is 5.32 Å². The number of nitrogens with one attached hydrogen (secondary N) is 1. The van der Waals surface area contributed by atoms with Crippen LogP contribution in [0.25, 0.3) is 0 Å². The van der Waals surface area contributed by atoms with E-state index >= 15 is 0 Å². The third-order valence-corrected chi connectivity index (χ3v) is 4.08. The van der Waals surface area contributed by atoms with E-state index in [1.807, 2.05) is 11.8 Å². The lowest BCUT2D eigenvalue weighted by Gasteiger charge is -2.08. The molecule has 0 aliphatic heterocycles. The molecule has 1 rings (SSSR count). The Morgan fingerprint density at radius 2 is 1.88 bits per heavy atom. The lowest BCUT2D eigenvalue weighted by molar-refractivity contribution is 0.603. The van der Waals surface area contributed by atoms with Gasteiger partial charge in [-0.05, 0) is 50.6 Å². The van der Waals surface area contributed by atoms with E-state index in [0.717, 1.165) is 18.3 Å². The second-order valence-corrected chi connectivity index (χ2v) is 5.80. The molecule has 0 saturated carbocycles. The molecule has 2 heteroatoms. The maximum Gasteiger partial charge on any atom is 0.00280 e. The minimum absolute atomic E-state index is 0.784. The quantitative estimate of drug-likeness (QED) is 0.671. The van der Waals surface area contributed by atoms with Crippen molar-refractivity contribution in [3.05, 3.63) is 35.9 Å². The molecule has 0 amide bonds. The van der Waals surface area contributed by atoms with E-state index in [2.05, 4.69) is 48.8 Å². The molecule has 0 spiro atoms. The summed E-state index contributed by atoms with van der Waals surface area (Å²) in [6, 6.07) is 10.8. The monoisotopic (exact) mass is 251 g/mol. The molecule has 0 radical (unpaired) electrons. The van der Waals surface area contributed by atoms with Gasteiger partial charge in [-0.15, -0.1) is 0 Å². The largest absolute Gasteiger partial charge is 0.317 e. The van der Waals surface area contributed by atoms with E-state index in [-0.39, 0.29) is 0 Å². The first-order valence-electron chi connectivity index (χ1n) is 6.60. The van der Waals surface area contributed by atoms with Gasteiger partial charge in [0.25, 0.3) is 0 Å². The number of aryl methyl sites for hydroxylation is 1. The molecule has 0 heterocycles. The van der Waals surface area contributed by atoms with Crippen LogP contribution in [0.1, 0.15) is 31.7 Å². The Morgan fingerprint density at radius 3 is 2.59 bits per heavy atom. The SMILES string of the molecule is CSC(C)CCNCCCCc1ccccc1. The molecule has 1 aromatic rings.